The van der Waals surface area contributed by atoms with Gasteiger partial charge in [0.1, 0.15) is 5.00 Å². The maximum Gasteiger partial charge on any atom is 0.319 e. The molecule has 1 aromatic rings. The zero-order valence-electron chi connectivity index (χ0n) is 23.0. The third-order valence-electron chi connectivity index (χ3n) is 8.07. The van der Waals surface area contributed by atoms with Crippen LogP contribution in [0.2, 0.25) is 0 Å². The number of ketones is 1. The Morgan fingerprint density at radius 2 is 1.82 bits per heavy atom. The molecule has 4 heterocycles. The van der Waals surface area contributed by atoms with E-state index in [1.807, 2.05) is 13.8 Å². The molecule has 4 rings (SSSR count). The van der Waals surface area contributed by atoms with Crippen LogP contribution in [0, 0.1) is 12.3 Å². The second kappa shape index (κ2) is 11.1. The lowest BCUT2D eigenvalue weighted by Gasteiger charge is -2.45. The number of Topliss-reactive ketones (excluding diaryl/α,β-unsaturated/α-hetero) is 1. The van der Waals surface area contributed by atoms with Gasteiger partial charge in [-0.2, -0.15) is 0 Å². The van der Waals surface area contributed by atoms with E-state index in [0.29, 0.717) is 47.2 Å². The van der Waals surface area contributed by atoms with Crippen LogP contribution in [0.1, 0.15) is 85.4 Å². The number of likely N-dealkylation sites (tertiary alicyclic amines) is 3. The lowest BCUT2D eigenvalue weighted by molar-refractivity contribution is -0.145. The smallest absolute Gasteiger partial charge is 0.319 e. The van der Waals surface area contributed by atoms with Crippen LogP contribution >= 0.6 is 11.3 Å². The highest BCUT2D eigenvalue weighted by Gasteiger charge is 2.54. The minimum Gasteiger partial charge on any atom is -0.338 e. The van der Waals surface area contributed by atoms with Gasteiger partial charge in [-0.1, -0.05) is 0 Å². The van der Waals surface area contributed by atoms with Gasteiger partial charge in [0.2, 0.25) is 11.8 Å². The second-order valence-corrected chi connectivity index (χ2v) is 12.0. The third kappa shape index (κ3) is 5.22. The van der Waals surface area contributed by atoms with Crippen molar-refractivity contribution in [3.05, 3.63) is 16.0 Å². The van der Waals surface area contributed by atoms with Crippen LogP contribution in [-0.4, -0.2) is 89.0 Å². The summed E-state index contributed by atoms with van der Waals surface area (Å²) in [6, 6.07) is -0.307. The number of imide groups is 1. The summed E-state index contributed by atoms with van der Waals surface area (Å²) in [6.07, 6.45) is 3.43. The number of urea groups is 1. The molecule has 0 saturated carbocycles. The minimum absolute atomic E-state index is 0.0313. The molecule has 3 fully saturated rings. The number of thiophene rings is 1. The van der Waals surface area contributed by atoms with Crippen LogP contribution in [0.5, 0.6) is 0 Å². The number of amides is 5. The standard InChI is InChI=1S/C27H39N5O5S/c1-6-28-26(37)29-23-21(17(4)22(38-23)18(5)33)24(35)30-12-8-19(9-13-30)31-11-7-10-27(15-31)14-20(34)32(16(2)3)25(27)36/h16,19H,6-15H2,1-5H3,(H2,28,29,37). The van der Waals surface area contributed by atoms with Crippen molar-refractivity contribution in [2.24, 2.45) is 5.41 Å². The number of carbonyl (C=O) groups excluding carboxylic acids is 5. The fourth-order valence-electron chi connectivity index (χ4n) is 6.23. The first-order valence-corrected chi connectivity index (χ1v) is 14.4. The number of carbonyl (C=O) groups is 5. The number of nitrogens with zero attached hydrogens (tertiary/aromatic N) is 3. The Bertz CT molecular complexity index is 1140. The molecule has 1 spiro atoms. The minimum atomic E-state index is -0.622. The highest BCUT2D eigenvalue weighted by atomic mass is 32.1. The molecule has 10 nitrogen and oxygen atoms in total. The van der Waals surface area contributed by atoms with E-state index in [0.717, 1.165) is 43.6 Å². The van der Waals surface area contributed by atoms with Crippen molar-refractivity contribution in [3.8, 4) is 0 Å². The molecule has 1 atom stereocenters. The van der Waals surface area contributed by atoms with E-state index in [9.17, 15) is 24.0 Å². The molecule has 0 bridgehead atoms. The summed E-state index contributed by atoms with van der Waals surface area (Å²) in [4.78, 5) is 70.0. The molecular weight excluding hydrogens is 506 g/mol. The highest BCUT2D eigenvalue weighted by Crippen LogP contribution is 2.43. The van der Waals surface area contributed by atoms with Crippen molar-refractivity contribution in [2.75, 3.05) is 38.0 Å². The largest absolute Gasteiger partial charge is 0.338 e. The average Bonchev–Trinajstić information content (AvgIpc) is 3.31. The summed E-state index contributed by atoms with van der Waals surface area (Å²) < 4.78 is 0. The summed E-state index contributed by atoms with van der Waals surface area (Å²) in [5, 5.41) is 5.81. The van der Waals surface area contributed by atoms with Gasteiger partial charge in [-0.25, -0.2) is 4.79 Å². The number of piperidine rings is 2. The molecule has 3 aliphatic rings. The zero-order chi connectivity index (χ0) is 27.8. The normalized spacial score (nSPS) is 23.0. The molecule has 38 heavy (non-hydrogen) atoms. The number of hydrogen-bond donors (Lipinski definition) is 2. The predicted octanol–water partition coefficient (Wildman–Crippen LogP) is 3.25. The third-order valence-corrected chi connectivity index (χ3v) is 9.37. The molecule has 3 saturated heterocycles. The summed E-state index contributed by atoms with van der Waals surface area (Å²) in [5.41, 5.74) is 0.354. The fourth-order valence-corrected chi connectivity index (χ4v) is 7.32. The molecule has 1 unspecified atom stereocenters. The van der Waals surface area contributed by atoms with Crippen molar-refractivity contribution in [3.63, 3.8) is 0 Å². The second-order valence-electron chi connectivity index (χ2n) is 11.0. The van der Waals surface area contributed by atoms with E-state index in [2.05, 4.69) is 15.5 Å². The van der Waals surface area contributed by atoms with Crippen molar-refractivity contribution in [1.29, 1.82) is 0 Å². The number of nitrogens with one attached hydrogen (secondary N) is 2. The monoisotopic (exact) mass is 545 g/mol. The summed E-state index contributed by atoms with van der Waals surface area (Å²) >= 11 is 1.14. The van der Waals surface area contributed by atoms with Gasteiger partial charge in [-0.3, -0.25) is 34.3 Å². The quantitative estimate of drug-likeness (QED) is 0.418. The van der Waals surface area contributed by atoms with Gasteiger partial charge in [0.05, 0.1) is 15.9 Å². The van der Waals surface area contributed by atoms with Crippen molar-refractivity contribution >= 4 is 45.9 Å². The number of hydrogen-bond acceptors (Lipinski definition) is 7. The molecule has 208 valence electrons. The van der Waals surface area contributed by atoms with Crippen molar-refractivity contribution in [2.45, 2.75) is 78.8 Å². The first kappa shape index (κ1) is 28.2. The maximum atomic E-state index is 13.6. The Morgan fingerprint density at radius 1 is 1.13 bits per heavy atom. The van der Waals surface area contributed by atoms with Gasteiger partial charge in [0, 0.05) is 44.7 Å². The average molecular weight is 546 g/mol. The molecule has 0 radical (unpaired) electrons. The summed E-state index contributed by atoms with van der Waals surface area (Å²) in [7, 11) is 0. The van der Waals surface area contributed by atoms with Gasteiger partial charge >= 0.3 is 6.03 Å². The molecule has 1 aromatic heterocycles. The van der Waals surface area contributed by atoms with Crippen LogP contribution in [-0.2, 0) is 9.59 Å². The van der Waals surface area contributed by atoms with E-state index in [4.69, 9.17) is 0 Å². The van der Waals surface area contributed by atoms with Gasteiger partial charge < -0.3 is 10.2 Å². The Kier molecular flexibility index (Phi) is 8.27. The first-order chi connectivity index (χ1) is 18.0. The van der Waals surface area contributed by atoms with Crippen molar-refractivity contribution in [1.82, 2.24) is 20.0 Å². The van der Waals surface area contributed by atoms with E-state index >= 15 is 0 Å². The van der Waals surface area contributed by atoms with E-state index in [1.165, 1.54) is 11.8 Å². The predicted molar refractivity (Wildman–Crippen MR) is 146 cm³/mol. The van der Waals surface area contributed by atoms with E-state index in [1.54, 1.807) is 18.7 Å². The fraction of sp³-hybridized carbons (Fsp3) is 0.667. The number of anilines is 1. The van der Waals surface area contributed by atoms with E-state index in [-0.39, 0.29) is 42.0 Å². The topological polar surface area (TPSA) is 119 Å². The van der Waals surface area contributed by atoms with Gasteiger partial charge in [0.25, 0.3) is 5.91 Å². The zero-order valence-corrected chi connectivity index (χ0v) is 23.8. The molecule has 0 aromatic carbocycles. The first-order valence-electron chi connectivity index (χ1n) is 13.6. The number of rotatable bonds is 6. The molecule has 11 heteroatoms. The summed E-state index contributed by atoms with van der Waals surface area (Å²) in [5.74, 6) is -0.425. The highest BCUT2D eigenvalue weighted by molar-refractivity contribution is 7.18. The Balaban J connectivity index is 1.45. The van der Waals surface area contributed by atoms with Crippen LogP contribution in [0.4, 0.5) is 9.80 Å². The van der Waals surface area contributed by atoms with Gasteiger partial charge in [-0.15, -0.1) is 11.3 Å². The van der Waals surface area contributed by atoms with Crippen LogP contribution in [0.15, 0.2) is 0 Å². The molecule has 2 N–H and O–H groups in total. The van der Waals surface area contributed by atoms with Crippen molar-refractivity contribution < 1.29 is 24.0 Å². The maximum absolute atomic E-state index is 13.6. The SMILES string of the molecule is CCNC(=O)Nc1sc(C(C)=O)c(C)c1C(=O)N1CCC(N2CCCC3(CC(=O)N(C(C)C)C3=O)C2)CC1. The van der Waals surface area contributed by atoms with Gasteiger partial charge in [0.15, 0.2) is 5.78 Å². The van der Waals surface area contributed by atoms with Crippen LogP contribution in [0.25, 0.3) is 0 Å². The van der Waals surface area contributed by atoms with Gasteiger partial charge in [-0.05, 0) is 72.4 Å². The Labute approximate surface area is 228 Å². The molecular formula is C27H39N5O5S. The van der Waals surface area contributed by atoms with Crippen LogP contribution in [0.3, 0.4) is 0 Å². The Morgan fingerprint density at radius 3 is 2.39 bits per heavy atom. The van der Waals surface area contributed by atoms with Crippen LogP contribution < -0.4 is 10.6 Å². The lowest BCUT2D eigenvalue weighted by Crippen LogP contribution is -2.54. The van der Waals surface area contributed by atoms with E-state index < -0.39 is 11.4 Å². The molecule has 5 amide bonds. The molecule has 0 aliphatic carbocycles. The summed E-state index contributed by atoms with van der Waals surface area (Å²) in [6.45, 7) is 11.8. The lowest BCUT2D eigenvalue weighted by atomic mass is 9.77. The Hall–Kier alpha value is -2.79. The molecule has 3 aliphatic heterocycles.